The molecule has 0 heterocycles. The number of methoxy groups -OCH3 is 1. The van der Waals surface area contributed by atoms with Crippen LogP contribution in [0.2, 0.25) is 0 Å². The van der Waals surface area contributed by atoms with Gasteiger partial charge >= 0.3 is 5.97 Å². The summed E-state index contributed by atoms with van der Waals surface area (Å²) in [5, 5.41) is 9.51. The Balaban J connectivity index is 3.13. The van der Waals surface area contributed by atoms with Gasteiger partial charge in [0.15, 0.2) is 0 Å². The minimum absolute atomic E-state index is 0.0432. The summed E-state index contributed by atoms with van der Waals surface area (Å²) in [6, 6.07) is 6.03. The smallest absolute Gasteiger partial charge is 0.321 e. The van der Waals surface area contributed by atoms with E-state index >= 15 is 0 Å². The van der Waals surface area contributed by atoms with Crippen LogP contribution >= 0.6 is 0 Å². The van der Waals surface area contributed by atoms with Gasteiger partial charge in [0.2, 0.25) is 10.0 Å². The van der Waals surface area contributed by atoms with Crippen LogP contribution in [0.1, 0.15) is 25.5 Å². The number of rotatable bonds is 6. The van der Waals surface area contributed by atoms with Gasteiger partial charge in [-0.15, -0.1) is 0 Å². The number of aliphatic hydroxyl groups excluding tert-OH is 1. The molecule has 0 bridgehead atoms. The van der Waals surface area contributed by atoms with Crippen LogP contribution in [-0.2, 0) is 19.6 Å². The van der Waals surface area contributed by atoms with Crippen molar-refractivity contribution in [1.29, 1.82) is 0 Å². The number of ether oxygens (including phenoxy) is 1. The second-order valence-corrected chi connectivity index (χ2v) is 6.19. The largest absolute Gasteiger partial charge is 0.468 e. The van der Waals surface area contributed by atoms with Gasteiger partial charge in [-0.25, -0.2) is 8.42 Å². The van der Waals surface area contributed by atoms with E-state index in [9.17, 15) is 18.3 Å². The fraction of sp³-hybridized carbons (Fsp3) is 0.462. The average Bonchev–Trinajstić information content (AvgIpc) is 2.44. The first-order valence-corrected chi connectivity index (χ1v) is 7.62. The van der Waals surface area contributed by atoms with Gasteiger partial charge in [-0.2, -0.15) is 4.31 Å². The lowest BCUT2D eigenvalue weighted by Gasteiger charge is -2.19. The molecule has 0 saturated carbocycles. The van der Waals surface area contributed by atoms with Crippen LogP contribution in [0.25, 0.3) is 0 Å². The number of likely N-dealkylation sites (N-methyl/N-ethyl adjacent to an activating group) is 1. The Labute approximate surface area is 119 Å². The lowest BCUT2D eigenvalue weighted by Crippen LogP contribution is -2.36. The normalized spacial score (nSPS) is 13.2. The molecule has 0 fully saturated rings. The predicted octanol–water partition coefficient (Wildman–Crippen LogP) is 0.923. The molecule has 0 aromatic heterocycles. The standard InChI is InChI=1S/C13H19NO5S/c1-4-14(9-13(16)19-3)20(17,18)12-7-5-6-11(8-12)10(2)15/h5-8,10,15H,4,9H2,1-3H3. The number of carbonyl (C=O) groups excluding carboxylic acids is 1. The molecule has 1 atom stereocenters. The van der Waals surface area contributed by atoms with Crippen LogP contribution in [0.4, 0.5) is 0 Å². The molecule has 112 valence electrons. The zero-order valence-corrected chi connectivity index (χ0v) is 12.6. The van der Waals surface area contributed by atoms with Crippen molar-refractivity contribution in [2.24, 2.45) is 0 Å². The molecular weight excluding hydrogens is 282 g/mol. The Morgan fingerprint density at radius 2 is 2.10 bits per heavy atom. The maximum atomic E-state index is 12.4. The molecule has 6 nitrogen and oxygen atoms in total. The maximum absolute atomic E-state index is 12.4. The lowest BCUT2D eigenvalue weighted by molar-refractivity contribution is -0.140. The monoisotopic (exact) mass is 301 g/mol. The van der Waals surface area contributed by atoms with Crippen LogP contribution < -0.4 is 0 Å². The maximum Gasteiger partial charge on any atom is 0.321 e. The van der Waals surface area contributed by atoms with Crippen LogP contribution in [0.5, 0.6) is 0 Å². The molecule has 0 radical (unpaired) electrons. The van der Waals surface area contributed by atoms with Gasteiger partial charge in [-0.3, -0.25) is 4.79 Å². The Morgan fingerprint density at radius 1 is 1.45 bits per heavy atom. The molecule has 1 N–H and O–H groups in total. The molecule has 20 heavy (non-hydrogen) atoms. The van der Waals surface area contributed by atoms with Gasteiger partial charge in [-0.05, 0) is 24.6 Å². The molecular formula is C13H19NO5S. The van der Waals surface area contributed by atoms with Crippen molar-refractivity contribution in [3.05, 3.63) is 29.8 Å². The van der Waals surface area contributed by atoms with E-state index in [-0.39, 0.29) is 18.0 Å². The highest BCUT2D eigenvalue weighted by molar-refractivity contribution is 7.89. The molecule has 1 aromatic rings. The molecule has 0 aliphatic carbocycles. The molecule has 0 amide bonds. The van der Waals surface area contributed by atoms with E-state index in [1.807, 2.05) is 0 Å². The lowest BCUT2D eigenvalue weighted by atomic mass is 10.1. The number of carbonyl (C=O) groups is 1. The number of hydrogen-bond donors (Lipinski definition) is 1. The van der Waals surface area contributed by atoms with E-state index in [0.29, 0.717) is 5.56 Å². The van der Waals surface area contributed by atoms with Gasteiger partial charge in [0.25, 0.3) is 0 Å². The summed E-state index contributed by atoms with van der Waals surface area (Å²) in [7, 11) is -2.59. The first-order chi connectivity index (χ1) is 9.32. The van der Waals surface area contributed by atoms with Crippen LogP contribution in [-0.4, -0.2) is 44.0 Å². The van der Waals surface area contributed by atoms with Gasteiger partial charge < -0.3 is 9.84 Å². The van der Waals surface area contributed by atoms with Crippen molar-refractivity contribution in [3.63, 3.8) is 0 Å². The van der Waals surface area contributed by atoms with E-state index in [1.165, 1.54) is 19.2 Å². The predicted molar refractivity (Wildman–Crippen MR) is 73.5 cm³/mol. The quantitative estimate of drug-likeness (QED) is 0.790. The third kappa shape index (κ3) is 3.78. The number of esters is 1. The van der Waals surface area contributed by atoms with Gasteiger partial charge in [0, 0.05) is 6.54 Å². The highest BCUT2D eigenvalue weighted by Gasteiger charge is 2.26. The van der Waals surface area contributed by atoms with Crippen molar-refractivity contribution in [2.45, 2.75) is 24.8 Å². The summed E-state index contributed by atoms with van der Waals surface area (Å²) in [5.74, 6) is -0.623. The van der Waals surface area contributed by atoms with Crippen molar-refractivity contribution in [2.75, 3.05) is 20.2 Å². The third-order valence-electron chi connectivity index (χ3n) is 2.86. The Hall–Kier alpha value is -1.44. The zero-order valence-electron chi connectivity index (χ0n) is 11.7. The fourth-order valence-corrected chi connectivity index (χ4v) is 3.11. The summed E-state index contributed by atoms with van der Waals surface area (Å²) in [4.78, 5) is 11.3. The van der Waals surface area contributed by atoms with E-state index in [4.69, 9.17) is 0 Å². The zero-order chi connectivity index (χ0) is 15.3. The minimum atomic E-state index is -3.79. The van der Waals surface area contributed by atoms with E-state index in [1.54, 1.807) is 26.0 Å². The molecule has 1 aromatic carbocycles. The van der Waals surface area contributed by atoms with Crippen LogP contribution in [0, 0.1) is 0 Å². The van der Waals surface area contributed by atoms with Gasteiger partial charge in [-0.1, -0.05) is 19.1 Å². The number of benzene rings is 1. The Kier molecular flexibility index (Phi) is 5.67. The van der Waals surface area contributed by atoms with Gasteiger partial charge in [0.1, 0.15) is 6.54 Å². The molecule has 7 heteroatoms. The number of nitrogens with zero attached hydrogens (tertiary/aromatic N) is 1. The summed E-state index contributed by atoms with van der Waals surface area (Å²) in [6.07, 6.45) is -0.763. The SMILES string of the molecule is CCN(CC(=O)OC)S(=O)(=O)c1cccc(C(C)O)c1. The fourth-order valence-electron chi connectivity index (χ4n) is 1.66. The van der Waals surface area contributed by atoms with Crippen molar-refractivity contribution >= 4 is 16.0 Å². The number of hydrogen-bond acceptors (Lipinski definition) is 5. The highest BCUT2D eigenvalue weighted by Crippen LogP contribution is 2.20. The third-order valence-corrected chi connectivity index (χ3v) is 4.78. The summed E-state index contributed by atoms with van der Waals surface area (Å²) < 4.78 is 30.4. The topological polar surface area (TPSA) is 83.9 Å². The molecule has 1 unspecified atom stereocenters. The Morgan fingerprint density at radius 3 is 2.60 bits per heavy atom. The number of aliphatic hydroxyl groups is 1. The van der Waals surface area contributed by atoms with Crippen molar-refractivity contribution < 1.29 is 23.1 Å². The van der Waals surface area contributed by atoms with Crippen molar-refractivity contribution in [1.82, 2.24) is 4.31 Å². The van der Waals surface area contributed by atoms with Gasteiger partial charge in [0.05, 0.1) is 18.1 Å². The van der Waals surface area contributed by atoms with Crippen molar-refractivity contribution in [3.8, 4) is 0 Å². The molecule has 0 spiro atoms. The second-order valence-electron chi connectivity index (χ2n) is 4.26. The highest BCUT2D eigenvalue weighted by atomic mass is 32.2. The molecule has 1 rings (SSSR count). The second kappa shape index (κ2) is 6.83. The molecule has 0 saturated heterocycles. The summed E-state index contributed by atoms with van der Waals surface area (Å²) in [5.41, 5.74) is 0.500. The van der Waals surface area contributed by atoms with Crippen LogP contribution in [0.15, 0.2) is 29.2 Å². The molecule has 0 aliphatic rings. The van der Waals surface area contributed by atoms with Crippen LogP contribution in [0.3, 0.4) is 0 Å². The minimum Gasteiger partial charge on any atom is -0.468 e. The average molecular weight is 301 g/mol. The van der Waals surface area contributed by atoms with E-state index in [2.05, 4.69) is 4.74 Å². The van der Waals surface area contributed by atoms with E-state index < -0.39 is 22.1 Å². The first kappa shape index (κ1) is 16.6. The number of sulfonamides is 1. The summed E-state index contributed by atoms with van der Waals surface area (Å²) >= 11 is 0. The first-order valence-electron chi connectivity index (χ1n) is 6.18. The molecule has 0 aliphatic heterocycles. The summed E-state index contributed by atoms with van der Waals surface area (Å²) in [6.45, 7) is 3.00. The Bertz CT molecular complexity index is 568. The van der Waals surface area contributed by atoms with E-state index in [0.717, 1.165) is 4.31 Å².